The van der Waals surface area contributed by atoms with Crippen molar-refractivity contribution in [3.05, 3.63) is 83.6 Å². The van der Waals surface area contributed by atoms with Crippen LogP contribution in [0.1, 0.15) is 11.1 Å². The Hall–Kier alpha value is -3.99. The summed E-state index contributed by atoms with van der Waals surface area (Å²) in [6, 6.07) is 13.7. The van der Waals surface area contributed by atoms with Gasteiger partial charge in [-0.25, -0.2) is 18.6 Å². The molecule has 2 amide bonds. The fourth-order valence-corrected chi connectivity index (χ4v) is 2.35. The Morgan fingerprint density at radius 3 is 2.71 bits per heavy atom. The number of hydrogen-bond acceptors (Lipinski definition) is 4. The number of nitriles is 1. The minimum atomic E-state index is -0.594. The monoisotopic (exact) mass is 380 g/mol. The smallest absolute Gasteiger partial charge is 0.319 e. The number of halogens is 2. The second-order valence-corrected chi connectivity index (χ2v) is 5.64. The lowest BCUT2D eigenvalue weighted by molar-refractivity contribution is 0.251. The standard InChI is InChI=1S/C20H14F2N4O2/c21-15-4-1-5-17(10-15)28-19-13(3-2-8-24-19)12-25-20(27)26-18-7-6-16(22)9-14(18)11-23/h1-10H,12H2,(H2,25,26,27). The minimum absolute atomic E-state index is 0.00616. The van der Waals surface area contributed by atoms with Crippen LogP contribution in [0.3, 0.4) is 0 Å². The molecule has 0 spiro atoms. The second kappa shape index (κ2) is 8.60. The largest absolute Gasteiger partial charge is 0.439 e. The normalized spacial score (nSPS) is 10.0. The number of urea groups is 1. The van der Waals surface area contributed by atoms with E-state index in [0.717, 1.165) is 12.1 Å². The fourth-order valence-electron chi connectivity index (χ4n) is 2.35. The molecule has 0 saturated heterocycles. The lowest BCUT2D eigenvalue weighted by Gasteiger charge is -2.12. The van der Waals surface area contributed by atoms with Crippen LogP contribution in [0, 0.1) is 23.0 Å². The number of hydrogen-bond donors (Lipinski definition) is 2. The molecule has 8 heteroatoms. The molecule has 6 nitrogen and oxygen atoms in total. The molecule has 2 N–H and O–H groups in total. The van der Waals surface area contributed by atoms with Crippen LogP contribution in [-0.2, 0) is 6.54 Å². The van der Waals surface area contributed by atoms with Gasteiger partial charge in [0, 0.05) is 24.4 Å². The van der Waals surface area contributed by atoms with Gasteiger partial charge in [0.1, 0.15) is 23.5 Å². The quantitative estimate of drug-likeness (QED) is 0.689. The molecule has 0 aliphatic heterocycles. The maximum absolute atomic E-state index is 13.3. The van der Waals surface area contributed by atoms with Gasteiger partial charge in [-0.2, -0.15) is 5.26 Å². The summed E-state index contributed by atoms with van der Waals surface area (Å²) in [7, 11) is 0. The Labute approximate surface area is 159 Å². The third-order valence-corrected chi connectivity index (χ3v) is 3.65. The van der Waals surface area contributed by atoms with Gasteiger partial charge in [-0.05, 0) is 36.4 Å². The van der Waals surface area contributed by atoms with E-state index in [1.165, 1.54) is 30.5 Å². The number of ether oxygens (including phenoxy) is 1. The molecule has 0 atom stereocenters. The lowest BCUT2D eigenvalue weighted by Crippen LogP contribution is -2.28. The average Bonchev–Trinajstić information content (AvgIpc) is 2.68. The predicted octanol–water partition coefficient (Wildman–Crippen LogP) is 4.35. The molecule has 0 aliphatic carbocycles. The summed E-state index contributed by atoms with van der Waals surface area (Å²) in [5, 5.41) is 14.1. The van der Waals surface area contributed by atoms with Gasteiger partial charge >= 0.3 is 6.03 Å². The first-order chi connectivity index (χ1) is 13.5. The predicted molar refractivity (Wildman–Crippen MR) is 97.7 cm³/mol. The molecule has 0 radical (unpaired) electrons. The molecule has 3 aromatic rings. The molecule has 0 aliphatic rings. The average molecular weight is 380 g/mol. The molecule has 0 saturated carbocycles. The fraction of sp³-hybridized carbons (Fsp3) is 0.0500. The third-order valence-electron chi connectivity index (χ3n) is 3.65. The highest BCUT2D eigenvalue weighted by molar-refractivity contribution is 5.90. The molecule has 2 aromatic carbocycles. The van der Waals surface area contributed by atoms with Crippen molar-refractivity contribution < 1.29 is 18.3 Å². The number of anilines is 1. The van der Waals surface area contributed by atoms with Crippen LogP contribution >= 0.6 is 0 Å². The van der Waals surface area contributed by atoms with Gasteiger partial charge in [0.25, 0.3) is 0 Å². The zero-order chi connectivity index (χ0) is 19.9. The van der Waals surface area contributed by atoms with E-state index in [1.54, 1.807) is 18.2 Å². The molecule has 28 heavy (non-hydrogen) atoms. The van der Waals surface area contributed by atoms with E-state index in [2.05, 4.69) is 15.6 Å². The molecule has 1 aromatic heterocycles. The minimum Gasteiger partial charge on any atom is -0.439 e. The van der Waals surface area contributed by atoms with Crippen molar-refractivity contribution in [1.82, 2.24) is 10.3 Å². The number of aromatic nitrogens is 1. The van der Waals surface area contributed by atoms with Gasteiger partial charge in [0.15, 0.2) is 0 Å². The first kappa shape index (κ1) is 18.8. The molecule has 0 bridgehead atoms. The number of nitrogens with one attached hydrogen (secondary N) is 2. The number of rotatable bonds is 5. The zero-order valence-electron chi connectivity index (χ0n) is 14.4. The number of benzene rings is 2. The van der Waals surface area contributed by atoms with Crippen molar-refractivity contribution in [3.8, 4) is 17.7 Å². The Bertz CT molecular complexity index is 1050. The van der Waals surface area contributed by atoms with Crippen LogP contribution in [0.2, 0.25) is 0 Å². The van der Waals surface area contributed by atoms with Crippen LogP contribution in [0.5, 0.6) is 11.6 Å². The van der Waals surface area contributed by atoms with Gasteiger partial charge in [-0.1, -0.05) is 12.1 Å². The Kier molecular flexibility index (Phi) is 5.77. The maximum atomic E-state index is 13.3. The van der Waals surface area contributed by atoms with Crippen molar-refractivity contribution in [1.29, 1.82) is 5.26 Å². The summed E-state index contributed by atoms with van der Waals surface area (Å²) in [6.45, 7) is 0.0629. The first-order valence-corrected chi connectivity index (χ1v) is 8.17. The molecule has 1 heterocycles. The Balaban J connectivity index is 1.66. The molecular formula is C20H14F2N4O2. The number of carbonyl (C=O) groups excluding carboxylic acids is 1. The second-order valence-electron chi connectivity index (χ2n) is 5.64. The van der Waals surface area contributed by atoms with Crippen molar-refractivity contribution >= 4 is 11.7 Å². The number of pyridine rings is 1. The summed E-state index contributed by atoms with van der Waals surface area (Å²) in [6.07, 6.45) is 1.51. The summed E-state index contributed by atoms with van der Waals surface area (Å²) < 4.78 is 32.1. The van der Waals surface area contributed by atoms with Gasteiger partial charge in [-0.3, -0.25) is 0 Å². The summed E-state index contributed by atoms with van der Waals surface area (Å²) in [5.74, 6) is -0.528. The molecule has 3 rings (SSSR count). The van der Waals surface area contributed by atoms with Crippen molar-refractivity contribution in [2.75, 3.05) is 5.32 Å². The van der Waals surface area contributed by atoms with E-state index in [0.29, 0.717) is 5.56 Å². The van der Waals surface area contributed by atoms with Crippen molar-refractivity contribution in [3.63, 3.8) is 0 Å². The molecule has 0 unspecified atom stereocenters. The number of amides is 2. The number of nitrogens with zero attached hydrogens (tertiary/aromatic N) is 2. The van der Waals surface area contributed by atoms with Gasteiger partial charge in [0.05, 0.1) is 11.3 Å². The van der Waals surface area contributed by atoms with E-state index in [1.807, 2.05) is 6.07 Å². The van der Waals surface area contributed by atoms with Crippen LogP contribution < -0.4 is 15.4 Å². The Morgan fingerprint density at radius 2 is 1.93 bits per heavy atom. The van der Waals surface area contributed by atoms with E-state index in [9.17, 15) is 13.6 Å². The highest BCUT2D eigenvalue weighted by atomic mass is 19.1. The SMILES string of the molecule is N#Cc1cc(F)ccc1NC(=O)NCc1cccnc1Oc1cccc(F)c1. The molecule has 0 fully saturated rings. The van der Waals surface area contributed by atoms with Gasteiger partial charge in [-0.15, -0.1) is 0 Å². The van der Waals surface area contributed by atoms with Crippen LogP contribution in [0.25, 0.3) is 0 Å². The Morgan fingerprint density at radius 1 is 1.11 bits per heavy atom. The highest BCUT2D eigenvalue weighted by Gasteiger charge is 2.11. The third kappa shape index (κ3) is 4.80. The molecule has 140 valence electrons. The lowest BCUT2D eigenvalue weighted by atomic mass is 10.2. The molecular weight excluding hydrogens is 366 g/mol. The topological polar surface area (TPSA) is 87.0 Å². The van der Waals surface area contributed by atoms with Crippen LogP contribution in [0.4, 0.5) is 19.3 Å². The van der Waals surface area contributed by atoms with E-state index in [4.69, 9.17) is 10.00 Å². The summed E-state index contributed by atoms with van der Waals surface area (Å²) in [5.41, 5.74) is 0.747. The van der Waals surface area contributed by atoms with Gasteiger partial charge in [0.2, 0.25) is 5.88 Å². The maximum Gasteiger partial charge on any atom is 0.319 e. The van der Waals surface area contributed by atoms with Crippen molar-refractivity contribution in [2.45, 2.75) is 6.54 Å². The summed E-state index contributed by atoms with van der Waals surface area (Å²) >= 11 is 0. The highest BCUT2D eigenvalue weighted by Crippen LogP contribution is 2.23. The zero-order valence-corrected chi connectivity index (χ0v) is 14.4. The van der Waals surface area contributed by atoms with Crippen LogP contribution in [0.15, 0.2) is 60.8 Å². The van der Waals surface area contributed by atoms with E-state index < -0.39 is 17.7 Å². The van der Waals surface area contributed by atoms with E-state index >= 15 is 0 Å². The van der Waals surface area contributed by atoms with Gasteiger partial charge < -0.3 is 15.4 Å². The number of carbonyl (C=O) groups is 1. The van der Waals surface area contributed by atoms with Crippen LogP contribution in [-0.4, -0.2) is 11.0 Å². The first-order valence-electron chi connectivity index (χ1n) is 8.17. The summed E-state index contributed by atoms with van der Waals surface area (Å²) in [4.78, 5) is 16.2. The van der Waals surface area contributed by atoms with Crippen molar-refractivity contribution in [2.24, 2.45) is 0 Å². The van der Waals surface area contributed by atoms with E-state index in [-0.39, 0.29) is 29.4 Å².